The van der Waals surface area contributed by atoms with E-state index in [9.17, 15) is 13.2 Å². The third-order valence-corrected chi connectivity index (χ3v) is 6.46. The molecule has 0 aliphatic carbocycles. The zero-order chi connectivity index (χ0) is 20.4. The van der Waals surface area contributed by atoms with Crippen LogP contribution < -0.4 is 14.4 Å². The molecular formula is C20H17ClN2O5S. The number of hydrogen-bond acceptors (Lipinski definition) is 5. The molecule has 2 heterocycles. The average Bonchev–Trinajstić information content (AvgIpc) is 3.25. The molecule has 0 radical (unpaired) electrons. The van der Waals surface area contributed by atoms with Gasteiger partial charge in [-0.2, -0.15) is 0 Å². The van der Waals surface area contributed by atoms with Crippen LogP contribution in [0.1, 0.15) is 5.76 Å². The molecule has 0 bridgehead atoms. The van der Waals surface area contributed by atoms with Gasteiger partial charge in [-0.05, 0) is 42.5 Å². The molecule has 0 saturated heterocycles. The highest BCUT2D eigenvalue weighted by Gasteiger charge is 2.37. The summed E-state index contributed by atoms with van der Waals surface area (Å²) in [7, 11) is -3.92. The molecule has 150 valence electrons. The summed E-state index contributed by atoms with van der Waals surface area (Å²) in [6.07, 6.45) is 0.476. The molecule has 1 aliphatic heterocycles. The minimum Gasteiger partial charge on any atom is -0.476 e. The first-order valence-electron chi connectivity index (χ1n) is 8.79. The van der Waals surface area contributed by atoms with Gasteiger partial charge in [-0.3, -0.25) is 9.10 Å². The Kier molecular flexibility index (Phi) is 5.21. The van der Waals surface area contributed by atoms with Crippen molar-refractivity contribution in [3.8, 4) is 5.75 Å². The number of anilines is 1. The number of fused-ring (bicyclic) bond motifs is 1. The minimum absolute atomic E-state index is 0.113. The van der Waals surface area contributed by atoms with Crippen molar-refractivity contribution in [1.29, 1.82) is 0 Å². The van der Waals surface area contributed by atoms with Gasteiger partial charge in [-0.25, -0.2) is 8.42 Å². The lowest BCUT2D eigenvalue weighted by Gasteiger charge is -2.34. The van der Waals surface area contributed by atoms with Crippen molar-refractivity contribution >= 4 is 33.2 Å². The van der Waals surface area contributed by atoms with Gasteiger partial charge in [0.15, 0.2) is 6.10 Å². The number of hydrogen-bond donors (Lipinski definition) is 1. The molecule has 0 fully saturated rings. The highest BCUT2D eigenvalue weighted by Crippen LogP contribution is 2.38. The average molecular weight is 433 g/mol. The summed E-state index contributed by atoms with van der Waals surface area (Å²) in [6, 6.07) is 16.1. The van der Waals surface area contributed by atoms with Gasteiger partial charge in [0.2, 0.25) is 0 Å². The fraction of sp³-hybridized carbons (Fsp3) is 0.150. The lowest BCUT2D eigenvalue weighted by Crippen LogP contribution is -2.50. The Morgan fingerprint density at radius 3 is 2.66 bits per heavy atom. The van der Waals surface area contributed by atoms with E-state index in [2.05, 4.69) is 5.32 Å². The minimum atomic E-state index is -3.92. The van der Waals surface area contributed by atoms with Crippen molar-refractivity contribution in [3.63, 3.8) is 0 Å². The predicted molar refractivity (Wildman–Crippen MR) is 107 cm³/mol. The molecule has 1 atom stereocenters. The van der Waals surface area contributed by atoms with E-state index in [4.69, 9.17) is 20.8 Å². The second kappa shape index (κ2) is 7.81. The van der Waals surface area contributed by atoms with Crippen molar-refractivity contribution in [2.75, 3.05) is 10.8 Å². The number of amides is 1. The standard InChI is InChI=1S/C20H17ClN2O5S/c21-14-8-9-18-17(11-14)23(29(25,26)16-6-2-1-3-7-16)13-19(28-18)20(24)22-12-15-5-4-10-27-15/h1-11,19H,12-13H2,(H,22,24). The number of sulfonamides is 1. The Morgan fingerprint density at radius 2 is 1.93 bits per heavy atom. The normalized spacial score (nSPS) is 16.0. The van der Waals surface area contributed by atoms with Gasteiger partial charge in [-0.15, -0.1) is 0 Å². The van der Waals surface area contributed by atoms with Crippen molar-refractivity contribution < 1.29 is 22.4 Å². The number of carbonyl (C=O) groups excluding carboxylic acids is 1. The lowest BCUT2D eigenvalue weighted by atomic mass is 10.2. The zero-order valence-electron chi connectivity index (χ0n) is 15.1. The fourth-order valence-corrected chi connectivity index (χ4v) is 4.66. The van der Waals surface area contributed by atoms with Crippen LogP contribution >= 0.6 is 11.6 Å². The predicted octanol–water partition coefficient (Wildman–Crippen LogP) is 3.21. The van der Waals surface area contributed by atoms with E-state index in [1.807, 2.05) is 0 Å². The van der Waals surface area contributed by atoms with Crippen LogP contribution in [0.15, 0.2) is 76.2 Å². The van der Waals surface area contributed by atoms with Gasteiger partial charge in [0.1, 0.15) is 11.5 Å². The number of carbonyl (C=O) groups is 1. The first-order valence-corrected chi connectivity index (χ1v) is 10.6. The van der Waals surface area contributed by atoms with Crippen LogP contribution in [-0.2, 0) is 21.4 Å². The molecule has 29 heavy (non-hydrogen) atoms. The maximum atomic E-state index is 13.3. The zero-order valence-corrected chi connectivity index (χ0v) is 16.7. The number of ether oxygens (including phenoxy) is 1. The smallest absolute Gasteiger partial charge is 0.264 e. The van der Waals surface area contributed by atoms with Gasteiger partial charge in [0, 0.05) is 5.02 Å². The van der Waals surface area contributed by atoms with Crippen LogP contribution in [0.5, 0.6) is 5.75 Å². The molecule has 1 aromatic heterocycles. The van der Waals surface area contributed by atoms with Crippen LogP contribution in [0.2, 0.25) is 5.02 Å². The Labute approximate surface area is 172 Å². The van der Waals surface area contributed by atoms with E-state index in [-0.39, 0.29) is 29.4 Å². The summed E-state index contributed by atoms with van der Waals surface area (Å²) in [6.45, 7) is -0.0147. The Bertz CT molecular complexity index is 1120. The number of benzene rings is 2. The number of nitrogens with zero attached hydrogens (tertiary/aromatic N) is 1. The van der Waals surface area contributed by atoms with Crippen LogP contribution in [0, 0.1) is 0 Å². The summed E-state index contributed by atoms with van der Waals surface area (Å²) in [5.41, 5.74) is 0.288. The van der Waals surface area contributed by atoms with E-state index in [0.717, 1.165) is 4.31 Å². The molecule has 2 aromatic carbocycles. The van der Waals surface area contributed by atoms with Gasteiger partial charge >= 0.3 is 0 Å². The van der Waals surface area contributed by atoms with Crippen LogP contribution in [0.3, 0.4) is 0 Å². The van der Waals surface area contributed by atoms with Gasteiger partial charge in [0.05, 0.1) is 29.9 Å². The molecule has 9 heteroatoms. The van der Waals surface area contributed by atoms with Gasteiger partial charge in [-0.1, -0.05) is 29.8 Å². The highest BCUT2D eigenvalue weighted by molar-refractivity contribution is 7.92. The Morgan fingerprint density at radius 1 is 1.14 bits per heavy atom. The van der Waals surface area contributed by atoms with Crippen LogP contribution in [0.4, 0.5) is 5.69 Å². The fourth-order valence-electron chi connectivity index (χ4n) is 3.01. The molecular weight excluding hydrogens is 416 g/mol. The molecule has 4 rings (SSSR count). The quantitative estimate of drug-likeness (QED) is 0.668. The number of halogens is 1. The SMILES string of the molecule is O=C(NCc1ccco1)C1CN(S(=O)(=O)c2ccccc2)c2cc(Cl)ccc2O1. The second-order valence-corrected chi connectivity index (χ2v) is 8.66. The molecule has 0 spiro atoms. The third-order valence-electron chi connectivity index (χ3n) is 4.43. The second-order valence-electron chi connectivity index (χ2n) is 6.36. The summed E-state index contributed by atoms with van der Waals surface area (Å²) < 4.78 is 38.6. The topological polar surface area (TPSA) is 88.9 Å². The maximum absolute atomic E-state index is 13.3. The van der Waals surface area contributed by atoms with E-state index in [0.29, 0.717) is 10.8 Å². The van der Waals surface area contributed by atoms with E-state index in [1.54, 1.807) is 42.5 Å². The van der Waals surface area contributed by atoms with E-state index < -0.39 is 22.0 Å². The first-order chi connectivity index (χ1) is 13.9. The molecule has 1 amide bonds. The van der Waals surface area contributed by atoms with Gasteiger partial charge < -0.3 is 14.5 Å². The number of nitrogens with one attached hydrogen (secondary N) is 1. The molecule has 1 aliphatic rings. The maximum Gasteiger partial charge on any atom is 0.264 e. The monoisotopic (exact) mass is 432 g/mol. The van der Waals surface area contributed by atoms with Crippen molar-refractivity contribution in [2.45, 2.75) is 17.5 Å². The van der Waals surface area contributed by atoms with E-state index in [1.165, 1.54) is 24.5 Å². The summed E-state index contributed by atoms with van der Waals surface area (Å²) >= 11 is 6.08. The summed E-state index contributed by atoms with van der Waals surface area (Å²) in [5.74, 6) is 0.392. The van der Waals surface area contributed by atoms with E-state index >= 15 is 0 Å². The third kappa shape index (κ3) is 3.94. The molecule has 1 N–H and O–H groups in total. The van der Waals surface area contributed by atoms with Gasteiger partial charge in [0.25, 0.3) is 15.9 Å². The largest absolute Gasteiger partial charge is 0.476 e. The Balaban J connectivity index is 1.65. The highest BCUT2D eigenvalue weighted by atomic mass is 35.5. The van der Waals surface area contributed by atoms with Crippen molar-refractivity contribution in [1.82, 2.24) is 5.32 Å². The summed E-state index contributed by atoms with van der Waals surface area (Å²) in [5, 5.41) is 3.07. The molecule has 7 nitrogen and oxygen atoms in total. The first kappa shape index (κ1) is 19.4. The molecule has 1 unspecified atom stereocenters. The van der Waals surface area contributed by atoms with Crippen LogP contribution in [-0.4, -0.2) is 27.0 Å². The Hall–Kier alpha value is -2.97. The lowest BCUT2D eigenvalue weighted by molar-refractivity contribution is -0.128. The van der Waals surface area contributed by atoms with Crippen molar-refractivity contribution in [3.05, 3.63) is 77.7 Å². The molecule has 0 saturated carbocycles. The number of furan rings is 1. The molecule has 3 aromatic rings. The van der Waals surface area contributed by atoms with Crippen LogP contribution in [0.25, 0.3) is 0 Å². The number of rotatable bonds is 5. The van der Waals surface area contributed by atoms with Crippen molar-refractivity contribution in [2.24, 2.45) is 0 Å². The summed E-state index contributed by atoms with van der Waals surface area (Å²) in [4.78, 5) is 12.8.